The number of nitrogens with zero attached hydrogens (tertiary/aromatic N) is 1. The third-order valence-electron chi connectivity index (χ3n) is 1.14. The molecule has 12 heavy (non-hydrogen) atoms. The normalized spacial score (nSPS) is 29.6. The highest BCUT2D eigenvalue weighted by molar-refractivity contribution is 6.68. The summed E-state index contributed by atoms with van der Waals surface area (Å²) in [6.45, 7) is 0. The van der Waals surface area contributed by atoms with Gasteiger partial charge >= 0.3 is 5.92 Å². The molecular formula is C5H3Cl4FN2. The molecular weight excluding hydrogens is 249 g/mol. The van der Waals surface area contributed by atoms with Crippen LogP contribution < -0.4 is 5.32 Å². The highest BCUT2D eigenvalue weighted by Gasteiger charge is 2.50. The summed E-state index contributed by atoms with van der Waals surface area (Å²) in [5.41, 5.74) is 0. The summed E-state index contributed by atoms with van der Waals surface area (Å²) in [6.07, 6.45) is 2.23. The molecule has 0 aliphatic carbocycles. The SMILES string of the molecule is FC1(C(Cl)(Cl)Cl)N=CC(Cl)=CN1. The van der Waals surface area contributed by atoms with Gasteiger partial charge < -0.3 is 5.32 Å². The van der Waals surface area contributed by atoms with Crippen LogP contribution >= 0.6 is 46.4 Å². The lowest BCUT2D eigenvalue weighted by Crippen LogP contribution is -2.49. The Morgan fingerprint density at radius 2 is 2.08 bits per heavy atom. The number of halogens is 5. The zero-order valence-corrected chi connectivity index (χ0v) is 8.52. The Balaban J connectivity index is 2.86. The topological polar surface area (TPSA) is 24.4 Å². The third-order valence-corrected chi connectivity index (χ3v) is 2.10. The first-order chi connectivity index (χ1) is 5.35. The molecule has 1 atom stereocenters. The summed E-state index contributed by atoms with van der Waals surface area (Å²) >= 11 is 21.4. The van der Waals surface area contributed by atoms with E-state index >= 15 is 0 Å². The van der Waals surface area contributed by atoms with Gasteiger partial charge in [0.05, 0.1) is 5.03 Å². The van der Waals surface area contributed by atoms with Gasteiger partial charge in [-0.2, -0.15) is 4.39 Å². The van der Waals surface area contributed by atoms with Crippen LogP contribution in [0.1, 0.15) is 0 Å². The van der Waals surface area contributed by atoms with Crippen molar-refractivity contribution >= 4 is 52.6 Å². The van der Waals surface area contributed by atoms with Crippen LogP contribution in [-0.2, 0) is 0 Å². The van der Waals surface area contributed by atoms with Gasteiger partial charge in [-0.05, 0) is 0 Å². The van der Waals surface area contributed by atoms with Gasteiger partial charge in [0.1, 0.15) is 0 Å². The Labute approximate surface area is 88.3 Å². The zero-order chi connectivity index (χ0) is 9.41. The van der Waals surface area contributed by atoms with E-state index in [0.29, 0.717) is 0 Å². The molecule has 0 saturated heterocycles. The van der Waals surface area contributed by atoms with Crippen molar-refractivity contribution in [2.75, 3.05) is 0 Å². The molecule has 0 radical (unpaired) electrons. The molecule has 7 heteroatoms. The molecule has 0 fully saturated rings. The van der Waals surface area contributed by atoms with Crippen LogP contribution in [0.5, 0.6) is 0 Å². The Kier molecular flexibility index (Phi) is 2.78. The van der Waals surface area contributed by atoms with E-state index in [0.717, 1.165) is 12.4 Å². The second-order valence-electron chi connectivity index (χ2n) is 2.05. The molecule has 1 N–H and O–H groups in total. The summed E-state index contributed by atoms with van der Waals surface area (Å²) < 4.78 is 11.3. The Morgan fingerprint density at radius 3 is 2.42 bits per heavy atom. The lowest BCUT2D eigenvalue weighted by atomic mass is 10.4. The summed E-state index contributed by atoms with van der Waals surface area (Å²) in [4.78, 5) is 3.31. The van der Waals surface area contributed by atoms with Crippen LogP contribution in [0.4, 0.5) is 4.39 Å². The predicted octanol–water partition coefficient (Wildman–Crippen LogP) is 2.73. The van der Waals surface area contributed by atoms with Crippen molar-refractivity contribution in [2.24, 2.45) is 4.99 Å². The second-order valence-corrected chi connectivity index (χ2v) is 4.77. The standard InChI is InChI=1S/C5H3Cl4FN2/c6-3-1-11-5(10,12-2-3)4(7,8)9/h1-2,11H. The number of allylic oxidation sites excluding steroid dienone is 1. The van der Waals surface area contributed by atoms with E-state index in [1.54, 1.807) is 0 Å². The number of nitrogens with one attached hydrogen (secondary N) is 1. The molecule has 0 amide bonds. The zero-order valence-electron chi connectivity index (χ0n) is 5.49. The van der Waals surface area contributed by atoms with E-state index in [2.05, 4.69) is 10.3 Å². The van der Waals surface area contributed by atoms with Crippen LogP contribution in [0.3, 0.4) is 0 Å². The molecule has 1 unspecified atom stereocenters. The molecule has 0 aromatic heterocycles. The fraction of sp³-hybridized carbons (Fsp3) is 0.400. The van der Waals surface area contributed by atoms with Gasteiger partial charge in [-0.25, -0.2) is 4.99 Å². The number of rotatable bonds is 0. The lowest BCUT2D eigenvalue weighted by molar-refractivity contribution is 0.151. The molecule has 0 aromatic rings. The maximum absolute atomic E-state index is 13.4. The minimum atomic E-state index is -2.45. The molecule has 0 aromatic carbocycles. The minimum Gasteiger partial charge on any atom is -0.336 e. The first-order valence-corrected chi connectivity index (χ1v) is 4.30. The van der Waals surface area contributed by atoms with Crippen LogP contribution in [0.25, 0.3) is 0 Å². The van der Waals surface area contributed by atoms with Gasteiger partial charge in [-0.1, -0.05) is 46.4 Å². The van der Waals surface area contributed by atoms with Crippen molar-refractivity contribution in [1.82, 2.24) is 5.32 Å². The largest absolute Gasteiger partial charge is 0.336 e. The maximum atomic E-state index is 13.4. The van der Waals surface area contributed by atoms with Gasteiger partial charge in [0.15, 0.2) is 0 Å². The summed E-state index contributed by atoms with van der Waals surface area (Å²) in [5.74, 6) is -2.45. The van der Waals surface area contributed by atoms with E-state index in [1.807, 2.05) is 0 Å². The Hall–Kier alpha value is 0.300. The smallest absolute Gasteiger partial charge is 0.322 e. The summed E-state index contributed by atoms with van der Waals surface area (Å²) in [5, 5.41) is 2.36. The van der Waals surface area contributed by atoms with E-state index in [9.17, 15) is 4.39 Å². The Bertz CT molecular complexity index is 246. The molecule has 1 aliphatic rings. The second kappa shape index (κ2) is 3.22. The average Bonchev–Trinajstić information content (AvgIpc) is 1.93. The molecule has 0 saturated carbocycles. The van der Waals surface area contributed by atoms with Crippen molar-refractivity contribution in [3.05, 3.63) is 11.2 Å². The van der Waals surface area contributed by atoms with Gasteiger partial charge in [-0.15, -0.1) is 0 Å². The van der Waals surface area contributed by atoms with Crippen molar-refractivity contribution < 1.29 is 4.39 Å². The molecule has 1 heterocycles. The molecule has 1 aliphatic heterocycles. The predicted molar refractivity (Wildman–Crippen MR) is 49.7 cm³/mol. The van der Waals surface area contributed by atoms with Gasteiger partial charge in [0.25, 0.3) is 3.79 Å². The number of alkyl halides is 4. The molecule has 2 nitrogen and oxygen atoms in total. The fourth-order valence-corrected chi connectivity index (χ4v) is 0.958. The highest BCUT2D eigenvalue weighted by atomic mass is 35.6. The average molecular weight is 252 g/mol. The monoisotopic (exact) mass is 250 g/mol. The highest BCUT2D eigenvalue weighted by Crippen LogP contribution is 2.41. The van der Waals surface area contributed by atoms with Crippen molar-refractivity contribution in [3.63, 3.8) is 0 Å². The van der Waals surface area contributed by atoms with E-state index < -0.39 is 9.71 Å². The first kappa shape index (κ1) is 10.4. The first-order valence-electron chi connectivity index (χ1n) is 2.79. The lowest BCUT2D eigenvalue weighted by Gasteiger charge is -2.29. The molecule has 0 bridgehead atoms. The van der Waals surface area contributed by atoms with Crippen molar-refractivity contribution in [1.29, 1.82) is 0 Å². The van der Waals surface area contributed by atoms with E-state index in [-0.39, 0.29) is 5.03 Å². The van der Waals surface area contributed by atoms with E-state index in [4.69, 9.17) is 46.4 Å². The maximum Gasteiger partial charge on any atom is 0.322 e. The number of hydrogen-bond acceptors (Lipinski definition) is 2. The van der Waals surface area contributed by atoms with Crippen LogP contribution in [0, 0.1) is 0 Å². The Morgan fingerprint density at radius 1 is 1.50 bits per heavy atom. The minimum absolute atomic E-state index is 0.234. The van der Waals surface area contributed by atoms with Gasteiger partial charge in [0, 0.05) is 12.4 Å². The van der Waals surface area contributed by atoms with Crippen molar-refractivity contribution in [3.8, 4) is 0 Å². The molecule has 1 rings (SSSR count). The van der Waals surface area contributed by atoms with Crippen molar-refractivity contribution in [2.45, 2.75) is 9.71 Å². The summed E-state index contributed by atoms with van der Waals surface area (Å²) in [7, 11) is 0. The van der Waals surface area contributed by atoms with Gasteiger partial charge in [-0.3, -0.25) is 0 Å². The summed E-state index contributed by atoms with van der Waals surface area (Å²) in [6, 6.07) is 0. The van der Waals surface area contributed by atoms with E-state index in [1.165, 1.54) is 0 Å². The number of aliphatic imine (C=N–C) groups is 1. The molecule has 0 spiro atoms. The number of hydrogen-bond donors (Lipinski definition) is 1. The van der Waals surface area contributed by atoms with Gasteiger partial charge in [0.2, 0.25) is 0 Å². The van der Waals surface area contributed by atoms with Crippen LogP contribution in [-0.4, -0.2) is 15.9 Å². The third kappa shape index (κ3) is 1.96. The van der Waals surface area contributed by atoms with Crippen LogP contribution in [0.15, 0.2) is 16.2 Å². The fourth-order valence-electron chi connectivity index (χ4n) is 0.545. The molecule has 68 valence electrons. The quantitative estimate of drug-likeness (QED) is 0.520. The van der Waals surface area contributed by atoms with Crippen LogP contribution in [0.2, 0.25) is 0 Å².